The smallest absolute Gasteiger partial charge is 0.324 e. The zero-order valence-electron chi connectivity index (χ0n) is 16.5. The van der Waals surface area contributed by atoms with Crippen molar-refractivity contribution in [3.63, 3.8) is 0 Å². The molecule has 0 aliphatic carbocycles. The molecule has 9 heteroatoms. The topological polar surface area (TPSA) is 117 Å². The average Bonchev–Trinajstić information content (AvgIpc) is 3.10. The average molecular weight is 420 g/mol. The van der Waals surface area contributed by atoms with E-state index in [2.05, 4.69) is 16.0 Å². The first kappa shape index (κ1) is 20.1. The lowest BCUT2D eigenvalue weighted by molar-refractivity contribution is -0.125. The minimum atomic E-state index is -0.486. The molecule has 2 aliphatic heterocycles. The van der Waals surface area contributed by atoms with E-state index in [1.54, 1.807) is 30.3 Å². The minimum absolute atomic E-state index is 0.00667. The van der Waals surface area contributed by atoms with E-state index in [4.69, 9.17) is 4.74 Å². The largest absolute Gasteiger partial charge is 0.488 e. The van der Waals surface area contributed by atoms with Gasteiger partial charge in [-0.2, -0.15) is 0 Å². The van der Waals surface area contributed by atoms with Crippen molar-refractivity contribution in [2.75, 3.05) is 30.3 Å². The molecule has 1 saturated heterocycles. The summed E-state index contributed by atoms with van der Waals surface area (Å²) in [6, 6.07) is 13.7. The molecule has 2 aliphatic rings. The van der Waals surface area contributed by atoms with Crippen LogP contribution in [-0.4, -0.2) is 48.3 Å². The zero-order valence-corrected chi connectivity index (χ0v) is 16.5. The first-order valence-electron chi connectivity index (χ1n) is 9.71. The summed E-state index contributed by atoms with van der Waals surface area (Å²) < 4.78 is 5.60. The summed E-state index contributed by atoms with van der Waals surface area (Å²) in [5, 5.41) is 7.91. The molecule has 0 saturated carbocycles. The Labute approximate surface area is 178 Å². The van der Waals surface area contributed by atoms with E-state index in [1.165, 1.54) is 0 Å². The number of anilines is 2. The minimum Gasteiger partial charge on any atom is -0.488 e. The van der Waals surface area contributed by atoms with Crippen molar-refractivity contribution in [1.29, 1.82) is 0 Å². The summed E-state index contributed by atoms with van der Waals surface area (Å²) in [6.45, 7) is 0.169. The van der Waals surface area contributed by atoms with Gasteiger partial charge in [0.25, 0.3) is 5.91 Å². The van der Waals surface area contributed by atoms with Gasteiger partial charge in [-0.3, -0.25) is 19.3 Å². The number of urea groups is 1. The molecule has 9 nitrogen and oxygen atoms in total. The third-order valence-electron chi connectivity index (χ3n) is 4.85. The van der Waals surface area contributed by atoms with Crippen LogP contribution in [0.25, 0.3) is 6.08 Å². The lowest BCUT2D eigenvalue weighted by Gasteiger charge is -2.17. The fourth-order valence-electron chi connectivity index (χ4n) is 3.21. The first-order valence-corrected chi connectivity index (χ1v) is 9.71. The maximum absolute atomic E-state index is 12.5. The van der Waals surface area contributed by atoms with Crippen molar-refractivity contribution in [1.82, 2.24) is 10.2 Å². The van der Waals surface area contributed by atoms with Gasteiger partial charge in [-0.15, -0.1) is 0 Å². The first-order chi connectivity index (χ1) is 15.0. The summed E-state index contributed by atoms with van der Waals surface area (Å²) in [6.07, 6.45) is 1.79. The Balaban J connectivity index is 1.30. The predicted octanol–water partition coefficient (Wildman–Crippen LogP) is 1.98. The van der Waals surface area contributed by atoms with E-state index in [0.717, 1.165) is 16.2 Å². The molecule has 0 radical (unpaired) electrons. The molecular weight excluding hydrogens is 400 g/mol. The normalized spacial score (nSPS) is 14.8. The second-order valence-electron chi connectivity index (χ2n) is 7.03. The number of carbonyl (C=O) groups is 4. The fourth-order valence-corrected chi connectivity index (χ4v) is 3.21. The Bertz CT molecular complexity index is 1060. The van der Waals surface area contributed by atoms with Gasteiger partial charge >= 0.3 is 6.03 Å². The van der Waals surface area contributed by atoms with Gasteiger partial charge in [0.15, 0.2) is 0 Å². The van der Waals surface area contributed by atoms with Crippen molar-refractivity contribution in [3.8, 4) is 5.75 Å². The Morgan fingerprint density at radius 2 is 1.71 bits per heavy atom. The lowest BCUT2D eigenvalue weighted by Crippen LogP contribution is -2.33. The van der Waals surface area contributed by atoms with Crippen LogP contribution in [0, 0.1) is 0 Å². The van der Waals surface area contributed by atoms with Gasteiger partial charge in [-0.25, -0.2) is 4.79 Å². The van der Waals surface area contributed by atoms with Gasteiger partial charge < -0.3 is 20.7 Å². The van der Waals surface area contributed by atoms with Crippen molar-refractivity contribution < 1.29 is 23.9 Å². The zero-order chi connectivity index (χ0) is 21.8. The highest BCUT2D eigenvalue weighted by atomic mass is 16.5. The quantitative estimate of drug-likeness (QED) is 0.618. The van der Waals surface area contributed by atoms with Crippen LogP contribution in [0.3, 0.4) is 0 Å². The predicted molar refractivity (Wildman–Crippen MR) is 113 cm³/mol. The molecule has 0 bridgehead atoms. The monoisotopic (exact) mass is 420 g/mol. The second-order valence-corrected chi connectivity index (χ2v) is 7.03. The number of fused-ring (bicyclic) bond motifs is 1. The van der Waals surface area contributed by atoms with E-state index >= 15 is 0 Å². The molecule has 158 valence electrons. The maximum atomic E-state index is 12.5. The highest BCUT2D eigenvalue weighted by Crippen LogP contribution is 2.26. The number of para-hydroxylation sites is 1. The lowest BCUT2D eigenvalue weighted by atomic mass is 10.1. The summed E-state index contributed by atoms with van der Waals surface area (Å²) >= 11 is 0. The number of amides is 5. The summed E-state index contributed by atoms with van der Waals surface area (Å²) in [4.78, 5) is 48.6. The van der Waals surface area contributed by atoms with Crippen LogP contribution in [0.4, 0.5) is 16.2 Å². The number of benzene rings is 2. The molecule has 2 heterocycles. The summed E-state index contributed by atoms with van der Waals surface area (Å²) in [5.41, 5.74) is 2.47. The molecule has 4 rings (SSSR count). The molecule has 3 N–H and O–H groups in total. The number of hydrogen-bond donors (Lipinski definition) is 3. The molecule has 1 fully saturated rings. The van der Waals surface area contributed by atoms with Crippen LogP contribution in [-0.2, 0) is 14.4 Å². The standard InChI is InChI=1S/C22H20N4O5/c27-19(9-10-26-20(28)12-23-22(26)30)24-16-5-7-17(8-6-16)25-21(29)15-11-14-3-1-2-4-18(14)31-13-15/h1-8,11H,9-10,12-13H2,(H,23,30)(H,24,27)(H,25,29). The van der Waals surface area contributed by atoms with E-state index in [-0.39, 0.29) is 43.8 Å². The molecule has 2 aromatic rings. The molecular formula is C22H20N4O5. The molecule has 5 amide bonds. The van der Waals surface area contributed by atoms with Gasteiger partial charge in [0, 0.05) is 29.9 Å². The van der Waals surface area contributed by atoms with Gasteiger partial charge in [-0.05, 0) is 36.4 Å². The molecule has 31 heavy (non-hydrogen) atoms. The van der Waals surface area contributed by atoms with Crippen molar-refractivity contribution in [2.24, 2.45) is 0 Å². The third-order valence-corrected chi connectivity index (χ3v) is 4.85. The molecule has 0 aromatic heterocycles. The molecule has 0 atom stereocenters. The fraction of sp³-hybridized carbons (Fsp3) is 0.182. The highest BCUT2D eigenvalue weighted by molar-refractivity contribution is 6.07. The Hall–Kier alpha value is -4.14. The number of ether oxygens (including phenoxy) is 1. The number of nitrogens with one attached hydrogen (secondary N) is 3. The number of nitrogens with zero attached hydrogens (tertiary/aromatic N) is 1. The Kier molecular flexibility index (Phi) is 5.65. The third kappa shape index (κ3) is 4.72. The number of rotatable bonds is 6. The van der Waals surface area contributed by atoms with Crippen LogP contribution < -0.4 is 20.7 Å². The van der Waals surface area contributed by atoms with Crippen LogP contribution in [0.5, 0.6) is 5.75 Å². The van der Waals surface area contributed by atoms with Crippen molar-refractivity contribution in [3.05, 3.63) is 59.7 Å². The van der Waals surface area contributed by atoms with Gasteiger partial charge in [-0.1, -0.05) is 18.2 Å². The van der Waals surface area contributed by atoms with Crippen LogP contribution in [0.15, 0.2) is 54.1 Å². The van der Waals surface area contributed by atoms with E-state index in [1.807, 2.05) is 24.3 Å². The highest BCUT2D eigenvalue weighted by Gasteiger charge is 2.28. The Morgan fingerprint density at radius 3 is 2.42 bits per heavy atom. The maximum Gasteiger partial charge on any atom is 0.324 e. The SMILES string of the molecule is O=C(CCN1C(=O)CNC1=O)Nc1ccc(NC(=O)C2=Cc3ccccc3OC2)cc1. The Morgan fingerprint density at radius 1 is 1.00 bits per heavy atom. The van der Waals surface area contributed by atoms with Crippen LogP contribution in [0.2, 0.25) is 0 Å². The second kappa shape index (κ2) is 8.70. The van der Waals surface area contributed by atoms with Crippen LogP contribution >= 0.6 is 0 Å². The van der Waals surface area contributed by atoms with E-state index < -0.39 is 6.03 Å². The molecule has 0 unspecified atom stereocenters. The van der Waals surface area contributed by atoms with Crippen molar-refractivity contribution in [2.45, 2.75) is 6.42 Å². The van der Waals surface area contributed by atoms with E-state index in [9.17, 15) is 19.2 Å². The number of imide groups is 1. The summed E-state index contributed by atoms with van der Waals surface area (Å²) in [5.74, 6) is -0.193. The van der Waals surface area contributed by atoms with Gasteiger partial charge in [0.2, 0.25) is 11.8 Å². The van der Waals surface area contributed by atoms with Crippen LogP contribution in [0.1, 0.15) is 12.0 Å². The van der Waals surface area contributed by atoms with E-state index in [0.29, 0.717) is 16.9 Å². The molecule has 0 spiro atoms. The van der Waals surface area contributed by atoms with Gasteiger partial charge in [0.05, 0.1) is 12.1 Å². The number of carbonyl (C=O) groups excluding carboxylic acids is 4. The molecule has 2 aromatic carbocycles. The summed E-state index contributed by atoms with van der Waals surface area (Å²) in [7, 11) is 0. The van der Waals surface area contributed by atoms with Gasteiger partial charge in [0.1, 0.15) is 12.4 Å². The van der Waals surface area contributed by atoms with Crippen molar-refractivity contribution >= 4 is 41.2 Å². The number of hydrogen-bond acceptors (Lipinski definition) is 5.